The van der Waals surface area contributed by atoms with E-state index in [1.807, 2.05) is 0 Å². The molecule has 12 heavy (non-hydrogen) atoms. The first kappa shape index (κ1) is 8.73. The van der Waals surface area contributed by atoms with E-state index in [1.54, 1.807) is 23.3 Å². The van der Waals surface area contributed by atoms with E-state index in [0.29, 0.717) is 13.0 Å². The van der Waals surface area contributed by atoms with Crippen LogP contribution in [0.2, 0.25) is 0 Å². The second-order valence-electron chi connectivity index (χ2n) is 2.44. The lowest BCUT2D eigenvalue weighted by atomic mass is 10.3. The summed E-state index contributed by atoms with van der Waals surface area (Å²) < 4.78 is 1.75. The van der Waals surface area contributed by atoms with E-state index >= 15 is 0 Å². The van der Waals surface area contributed by atoms with Gasteiger partial charge in [-0.05, 0) is 0 Å². The van der Waals surface area contributed by atoms with Crippen LogP contribution in [0.15, 0.2) is 18.7 Å². The summed E-state index contributed by atoms with van der Waals surface area (Å²) in [5.74, 6) is 0. The van der Waals surface area contributed by atoms with Gasteiger partial charge in [-0.3, -0.25) is 4.79 Å². The smallest absolute Gasteiger partial charge is 0.207 e. The zero-order chi connectivity index (χ0) is 8.81. The van der Waals surface area contributed by atoms with Gasteiger partial charge in [-0.1, -0.05) is 0 Å². The van der Waals surface area contributed by atoms with E-state index in [4.69, 9.17) is 0 Å². The number of nitrogens with one attached hydrogen (secondary N) is 1. The number of nitrogens with zero attached hydrogens (tertiary/aromatic N) is 2. The number of hydrogen-bond acceptors (Lipinski definition) is 3. The minimum absolute atomic E-state index is 0.266. The number of hydrogen-bond donors (Lipinski definition) is 2. The summed E-state index contributed by atoms with van der Waals surface area (Å²) >= 11 is 0. The maximum atomic E-state index is 9.87. The molecular formula is C7H11N3O2. The van der Waals surface area contributed by atoms with Crippen LogP contribution in [0.25, 0.3) is 0 Å². The van der Waals surface area contributed by atoms with Crippen molar-refractivity contribution in [2.45, 2.75) is 12.6 Å². The molecule has 1 heterocycles. The van der Waals surface area contributed by atoms with Crippen molar-refractivity contribution in [2.24, 2.45) is 0 Å². The number of aliphatic hydroxyl groups is 1. The minimum Gasteiger partial charge on any atom is -0.389 e. The highest BCUT2D eigenvalue weighted by molar-refractivity contribution is 5.45. The van der Waals surface area contributed by atoms with Gasteiger partial charge in [0.2, 0.25) is 6.41 Å². The van der Waals surface area contributed by atoms with Crippen LogP contribution in [-0.4, -0.2) is 33.7 Å². The SMILES string of the molecule is O=CNCC(O)Cn1ccnc1. The van der Waals surface area contributed by atoms with Gasteiger partial charge in [-0.2, -0.15) is 0 Å². The van der Waals surface area contributed by atoms with Crippen LogP contribution in [0.5, 0.6) is 0 Å². The van der Waals surface area contributed by atoms with E-state index in [9.17, 15) is 9.90 Å². The fourth-order valence-electron chi connectivity index (χ4n) is 0.887. The number of aliphatic hydroxyl groups excluding tert-OH is 1. The van der Waals surface area contributed by atoms with Gasteiger partial charge >= 0.3 is 0 Å². The molecule has 1 rings (SSSR count). The molecule has 1 amide bonds. The van der Waals surface area contributed by atoms with E-state index in [0.717, 1.165) is 0 Å². The zero-order valence-corrected chi connectivity index (χ0v) is 6.55. The maximum Gasteiger partial charge on any atom is 0.207 e. The zero-order valence-electron chi connectivity index (χ0n) is 6.55. The summed E-state index contributed by atoms with van der Waals surface area (Å²) in [4.78, 5) is 13.7. The molecule has 1 aromatic heterocycles. The molecule has 0 fully saturated rings. The molecule has 5 nitrogen and oxygen atoms in total. The molecule has 0 aromatic carbocycles. The average Bonchev–Trinajstić information content (AvgIpc) is 2.53. The Balaban J connectivity index is 2.26. The molecule has 0 bridgehead atoms. The van der Waals surface area contributed by atoms with Gasteiger partial charge in [-0.15, -0.1) is 0 Å². The van der Waals surface area contributed by atoms with Crippen molar-refractivity contribution in [1.82, 2.24) is 14.9 Å². The fourth-order valence-corrected chi connectivity index (χ4v) is 0.887. The standard InChI is InChI=1S/C7H11N3O2/c11-6-9-3-7(12)4-10-2-1-8-5-10/h1-2,5-7,12H,3-4H2,(H,9,11). The number of imidazole rings is 1. The van der Waals surface area contributed by atoms with Crippen LogP contribution in [0, 0.1) is 0 Å². The fraction of sp³-hybridized carbons (Fsp3) is 0.429. The van der Waals surface area contributed by atoms with Gasteiger partial charge < -0.3 is 15.0 Å². The summed E-state index contributed by atoms with van der Waals surface area (Å²) in [6.45, 7) is 0.711. The lowest BCUT2D eigenvalue weighted by Crippen LogP contribution is -2.28. The number of rotatable bonds is 5. The molecule has 1 unspecified atom stereocenters. The Kier molecular flexibility index (Phi) is 3.28. The molecule has 1 atom stereocenters. The Bertz CT molecular complexity index is 223. The Morgan fingerprint density at radius 3 is 3.17 bits per heavy atom. The number of carbonyl (C=O) groups excluding carboxylic acids is 1. The lowest BCUT2D eigenvalue weighted by molar-refractivity contribution is -0.110. The molecule has 0 spiro atoms. The minimum atomic E-state index is -0.565. The van der Waals surface area contributed by atoms with Crippen molar-refractivity contribution in [2.75, 3.05) is 6.54 Å². The Hall–Kier alpha value is -1.36. The quantitative estimate of drug-likeness (QED) is 0.555. The molecule has 66 valence electrons. The van der Waals surface area contributed by atoms with Crippen molar-refractivity contribution in [1.29, 1.82) is 0 Å². The summed E-state index contributed by atoms with van der Waals surface area (Å²) in [5, 5.41) is 11.7. The highest BCUT2D eigenvalue weighted by Gasteiger charge is 2.02. The summed E-state index contributed by atoms with van der Waals surface area (Å²) in [6, 6.07) is 0. The molecule has 1 aromatic rings. The average molecular weight is 169 g/mol. The number of aromatic nitrogens is 2. The molecule has 5 heteroatoms. The molecular weight excluding hydrogens is 158 g/mol. The van der Waals surface area contributed by atoms with Crippen LogP contribution >= 0.6 is 0 Å². The predicted octanol–water partition coefficient (Wildman–Crippen LogP) is -1.01. The second kappa shape index (κ2) is 4.50. The number of amides is 1. The van der Waals surface area contributed by atoms with Crippen LogP contribution in [0.4, 0.5) is 0 Å². The van der Waals surface area contributed by atoms with E-state index in [1.165, 1.54) is 0 Å². The lowest BCUT2D eigenvalue weighted by Gasteiger charge is -2.09. The van der Waals surface area contributed by atoms with Crippen molar-refractivity contribution >= 4 is 6.41 Å². The van der Waals surface area contributed by atoms with E-state index in [-0.39, 0.29) is 6.54 Å². The monoisotopic (exact) mass is 169 g/mol. The van der Waals surface area contributed by atoms with Gasteiger partial charge in [-0.25, -0.2) is 4.98 Å². The summed E-state index contributed by atoms with van der Waals surface area (Å²) in [6.07, 6.45) is 5.01. The van der Waals surface area contributed by atoms with E-state index < -0.39 is 6.10 Å². The third-order valence-electron chi connectivity index (χ3n) is 1.42. The van der Waals surface area contributed by atoms with Crippen LogP contribution < -0.4 is 5.32 Å². The molecule has 0 aliphatic heterocycles. The maximum absolute atomic E-state index is 9.87. The number of carbonyl (C=O) groups is 1. The second-order valence-corrected chi connectivity index (χ2v) is 2.44. The van der Waals surface area contributed by atoms with Crippen molar-refractivity contribution < 1.29 is 9.90 Å². The largest absolute Gasteiger partial charge is 0.389 e. The van der Waals surface area contributed by atoms with E-state index in [2.05, 4.69) is 10.3 Å². The van der Waals surface area contributed by atoms with Gasteiger partial charge in [0.05, 0.1) is 19.0 Å². The Morgan fingerprint density at radius 1 is 1.75 bits per heavy atom. The summed E-state index contributed by atoms with van der Waals surface area (Å²) in [7, 11) is 0. The van der Waals surface area contributed by atoms with Gasteiger partial charge in [0.25, 0.3) is 0 Å². The topological polar surface area (TPSA) is 67.2 Å². The summed E-state index contributed by atoms with van der Waals surface area (Å²) in [5.41, 5.74) is 0. The highest BCUT2D eigenvalue weighted by Crippen LogP contribution is 1.90. The third-order valence-corrected chi connectivity index (χ3v) is 1.42. The molecule has 2 N–H and O–H groups in total. The van der Waals surface area contributed by atoms with Crippen LogP contribution in [0.3, 0.4) is 0 Å². The molecule has 0 aliphatic carbocycles. The van der Waals surface area contributed by atoms with Crippen molar-refractivity contribution in [3.05, 3.63) is 18.7 Å². The van der Waals surface area contributed by atoms with Gasteiger partial charge in [0.15, 0.2) is 0 Å². The molecule has 0 radical (unpaired) electrons. The normalized spacial score (nSPS) is 12.4. The highest BCUT2D eigenvalue weighted by atomic mass is 16.3. The first-order valence-corrected chi connectivity index (χ1v) is 3.63. The first-order valence-electron chi connectivity index (χ1n) is 3.63. The predicted molar refractivity (Wildman–Crippen MR) is 42.3 cm³/mol. The molecule has 0 aliphatic rings. The molecule has 0 saturated heterocycles. The van der Waals surface area contributed by atoms with Crippen molar-refractivity contribution in [3.8, 4) is 0 Å². The first-order chi connectivity index (χ1) is 5.83. The Morgan fingerprint density at radius 2 is 2.58 bits per heavy atom. The van der Waals surface area contributed by atoms with Gasteiger partial charge in [0.1, 0.15) is 0 Å². The molecule has 0 saturated carbocycles. The van der Waals surface area contributed by atoms with Crippen LogP contribution in [-0.2, 0) is 11.3 Å². The van der Waals surface area contributed by atoms with Crippen molar-refractivity contribution in [3.63, 3.8) is 0 Å². The van der Waals surface area contributed by atoms with Gasteiger partial charge in [0, 0.05) is 18.9 Å². The van der Waals surface area contributed by atoms with Crippen LogP contribution in [0.1, 0.15) is 0 Å². The Labute approximate surface area is 70.0 Å². The third kappa shape index (κ3) is 2.71.